The van der Waals surface area contributed by atoms with Gasteiger partial charge in [0.05, 0.1) is 11.9 Å². The largest absolute Gasteiger partial charge is 0.481 e. The van der Waals surface area contributed by atoms with Gasteiger partial charge in [-0.15, -0.1) is 0 Å². The molecule has 1 N–H and O–H groups in total. The second-order valence-corrected chi connectivity index (χ2v) is 5.79. The number of aryl methyl sites for hydroxylation is 1. The molecule has 2 heterocycles. The molecule has 0 bridgehead atoms. The Morgan fingerprint density at radius 1 is 1.23 bits per heavy atom. The number of carbonyl (C=O) groups is 1. The maximum atomic E-state index is 10.6. The Bertz CT molecular complexity index is 679. The SMILES string of the molecule is Cc1cc(N2CCN(CCC(=O)O)CC2)nc2ccccc12. The molecule has 1 aliphatic heterocycles. The van der Waals surface area contributed by atoms with E-state index in [0.29, 0.717) is 6.54 Å². The van der Waals surface area contributed by atoms with Gasteiger partial charge in [-0.3, -0.25) is 9.69 Å². The summed E-state index contributed by atoms with van der Waals surface area (Å²) in [4.78, 5) is 19.9. The molecule has 5 heteroatoms. The number of pyridine rings is 1. The Kier molecular flexibility index (Phi) is 4.24. The van der Waals surface area contributed by atoms with Gasteiger partial charge >= 0.3 is 5.97 Å². The molecule has 22 heavy (non-hydrogen) atoms. The lowest BCUT2D eigenvalue weighted by Crippen LogP contribution is -2.47. The number of nitrogens with zero attached hydrogens (tertiary/aromatic N) is 3. The summed E-state index contributed by atoms with van der Waals surface area (Å²) >= 11 is 0. The number of aliphatic carboxylic acids is 1. The van der Waals surface area contributed by atoms with Gasteiger partial charge in [-0.1, -0.05) is 18.2 Å². The average molecular weight is 299 g/mol. The smallest absolute Gasteiger partial charge is 0.304 e. The van der Waals surface area contributed by atoms with Crippen molar-refractivity contribution in [2.75, 3.05) is 37.6 Å². The van der Waals surface area contributed by atoms with Crippen LogP contribution in [0.3, 0.4) is 0 Å². The maximum Gasteiger partial charge on any atom is 0.304 e. The highest BCUT2D eigenvalue weighted by atomic mass is 16.4. The molecule has 1 saturated heterocycles. The van der Waals surface area contributed by atoms with Crippen LogP contribution in [0, 0.1) is 6.92 Å². The predicted octanol–water partition coefficient (Wildman–Crippen LogP) is 2.14. The fourth-order valence-corrected chi connectivity index (χ4v) is 2.95. The van der Waals surface area contributed by atoms with Gasteiger partial charge in [-0.25, -0.2) is 4.98 Å². The number of carboxylic acid groups (broad SMARTS) is 1. The predicted molar refractivity (Wildman–Crippen MR) is 87.4 cm³/mol. The lowest BCUT2D eigenvalue weighted by atomic mass is 10.1. The Morgan fingerprint density at radius 3 is 2.68 bits per heavy atom. The van der Waals surface area contributed by atoms with Gasteiger partial charge in [0.15, 0.2) is 0 Å². The molecule has 3 rings (SSSR count). The normalized spacial score (nSPS) is 16.1. The first-order valence-corrected chi connectivity index (χ1v) is 7.69. The number of fused-ring (bicyclic) bond motifs is 1. The van der Waals surface area contributed by atoms with Crippen molar-refractivity contribution in [2.45, 2.75) is 13.3 Å². The van der Waals surface area contributed by atoms with E-state index in [2.05, 4.69) is 34.9 Å². The molecule has 0 atom stereocenters. The van der Waals surface area contributed by atoms with E-state index in [1.165, 1.54) is 10.9 Å². The maximum absolute atomic E-state index is 10.6. The summed E-state index contributed by atoms with van der Waals surface area (Å²) in [6.07, 6.45) is 0.216. The topological polar surface area (TPSA) is 56.7 Å². The summed E-state index contributed by atoms with van der Waals surface area (Å²) in [5, 5.41) is 9.96. The van der Waals surface area contributed by atoms with Crippen molar-refractivity contribution >= 4 is 22.7 Å². The van der Waals surface area contributed by atoms with E-state index in [1.807, 2.05) is 12.1 Å². The number of hydrogen-bond acceptors (Lipinski definition) is 4. The van der Waals surface area contributed by atoms with E-state index >= 15 is 0 Å². The van der Waals surface area contributed by atoms with Gasteiger partial charge in [0, 0.05) is 38.1 Å². The molecule has 1 aromatic carbocycles. The third-order valence-electron chi connectivity index (χ3n) is 4.25. The minimum absolute atomic E-state index is 0.216. The lowest BCUT2D eigenvalue weighted by molar-refractivity contribution is -0.137. The minimum Gasteiger partial charge on any atom is -0.481 e. The highest BCUT2D eigenvalue weighted by molar-refractivity contribution is 5.83. The summed E-state index contributed by atoms with van der Waals surface area (Å²) in [7, 11) is 0. The van der Waals surface area contributed by atoms with E-state index in [4.69, 9.17) is 10.1 Å². The zero-order chi connectivity index (χ0) is 15.5. The van der Waals surface area contributed by atoms with E-state index in [1.54, 1.807) is 0 Å². The van der Waals surface area contributed by atoms with Crippen LogP contribution in [0.1, 0.15) is 12.0 Å². The van der Waals surface area contributed by atoms with Crippen LogP contribution in [0.25, 0.3) is 10.9 Å². The molecule has 0 unspecified atom stereocenters. The standard InChI is InChI=1S/C17H21N3O2/c1-13-12-16(18-15-5-3-2-4-14(13)15)20-10-8-19(9-11-20)7-6-17(21)22/h2-5,12H,6-11H2,1H3,(H,21,22). The first-order chi connectivity index (χ1) is 10.6. The fourth-order valence-electron chi connectivity index (χ4n) is 2.95. The van der Waals surface area contributed by atoms with Crippen LogP contribution in [-0.4, -0.2) is 53.7 Å². The van der Waals surface area contributed by atoms with Gasteiger partial charge < -0.3 is 10.0 Å². The zero-order valence-corrected chi connectivity index (χ0v) is 12.8. The number of aromatic nitrogens is 1. The number of para-hydroxylation sites is 1. The molecule has 1 aliphatic rings. The molecule has 0 aliphatic carbocycles. The highest BCUT2D eigenvalue weighted by Gasteiger charge is 2.19. The first-order valence-electron chi connectivity index (χ1n) is 7.69. The highest BCUT2D eigenvalue weighted by Crippen LogP contribution is 2.23. The van der Waals surface area contributed by atoms with Gasteiger partial charge in [0.25, 0.3) is 0 Å². The van der Waals surface area contributed by atoms with Crippen molar-refractivity contribution in [3.8, 4) is 0 Å². The molecule has 116 valence electrons. The number of anilines is 1. The van der Waals surface area contributed by atoms with Crippen LogP contribution >= 0.6 is 0 Å². The molecule has 0 saturated carbocycles. The van der Waals surface area contributed by atoms with Crippen LogP contribution in [0.5, 0.6) is 0 Å². The number of piperazine rings is 1. The quantitative estimate of drug-likeness (QED) is 0.937. The van der Waals surface area contributed by atoms with E-state index in [9.17, 15) is 4.79 Å². The van der Waals surface area contributed by atoms with E-state index < -0.39 is 5.97 Å². The Hall–Kier alpha value is -2.14. The number of benzene rings is 1. The van der Waals surface area contributed by atoms with Crippen LogP contribution in [0.2, 0.25) is 0 Å². The third-order valence-corrected chi connectivity index (χ3v) is 4.25. The molecular formula is C17H21N3O2. The van der Waals surface area contributed by atoms with Gasteiger partial charge in [-0.05, 0) is 24.6 Å². The second kappa shape index (κ2) is 6.32. The third kappa shape index (κ3) is 3.20. The van der Waals surface area contributed by atoms with Crippen molar-refractivity contribution in [1.29, 1.82) is 0 Å². The monoisotopic (exact) mass is 299 g/mol. The number of hydrogen-bond donors (Lipinski definition) is 1. The number of carboxylic acids is 1. The van der Waals surface area contributed by atoms with Crippen molar-refractivity contribution in [3.63, 3.8) is 0 Å². The average Bonchev–Trinajstić information content (AvgIpc) is 2.53. The summed E-state index contributed by atoms with van der Waals surface area (Å²) < 4.78 is 0. The summed E-state index contributed by atoms with van der Waals surface area (Å²) in [5.74, 6) is 0.295. The van der Waals surface area contributed by atoms with Crippen LogP contribution in [0.4, 0.5) is 5.82 Å². The summed E-state index contributed by atoms with van der Waals surface area (Å²) in [6, 6.07) is 10.4. The van der Waals surface area contributed by atoms with Crippen LogP contribution in [-0.2, 0) is 4.79 Å². The Labute approximate surface area is 130 Å². The van der Waals surface area contributed by atoms with E-state index in [-0.39, 0.29) is 6.42 Å². The molecule has 1 fully saturated rings. The van der Waals surface area contributed by atoms with Crippen molar-refractivity contribution in [3.05, 3.63) is 35.9 Å². The zero-order valence-electron chi connectivity index (χ0n) is 12.8. The summed E-state index contributed by atoms with van der Waals surface area (Å²) in [5.41, 5.74) is 2.28. The lowest BCUT2D eigenvalue weighted by Gasteiger charge is -2.35. The molecule has 0 radical (unpaired) electrons. The minimum atomic E-state index is -0.728. The van der Waals surface area contributed by atoms with E-state index in [0.717, 1.165) is 37.5 Å². The van der Waals surface area contributed by atoms with Gasteiger partial charge in [0.1, 0.15) is 5.82 Å². The van der Waals surface area contributed by atoms with Crippen molar-refractivity contribution < 1.29 is 9.90 Å². The molecule has 5 nitrogen and oxygen atoms in total. The van der Waals surface area contributed by atoms with Crippen LogP contribution < -0.4 is 4.90 Å². The van der Waals surface area contributed by atoms with Crippen LogP contribution in [0.15, 0.2) is 30.3 Å². The van der Waals surface area contributed by atoms with Crippen molar-refractivity contribution in [1.82, 2.24) is 9.88 Å². The van der Waals surface area contributed by atoms with Gasteiger partial charge in [-0.2, -0.15) is 0 Å². The fraction of sp³-hybridized carbons (Fsp3) is 0.412. The molecule has 2 aromatic rings. The Balaban J connectivity index is 1.70. The molecule has 0 spiro atoms. The van der Waals surface area contributed by atoms with Gasteiger partial charge in [0.2, 0.25) is 0 Å². The Morgan fingerprint density at radius 2 is 1.95 bits per heavy atom. The first kappa shape index (κ1) is 14.8. The summed E-state index contributed by atoms with van der Waals surface area (Å²) in [6.45, 7) is 6.32. The van der Waals surface area contributed by atoms with Crippen molar-refractivity contribution in [2.24, 2.45) is 0 Å². The second-order valence-electron chi connectivity index (χ2n) is 5.79. The molecule has 0 amide bonds. The number of rotatable bonds is 4. The molecule has 1 aromatic heterocycles. The molecular weight excluding hydrogens is 278 g/mol.